The van der Waals surface area contributed by atoms with Crippen LogP contribution in [0, 0.1) is 0 Å². The van der Waals surface area contributed by atoms with Crippen LogP contribution in [0.5, 0.6) is 0 Å². The van der Waals surface area contributed by atoms with E-state index in [1.54, 1.807) is 32.1 Å². The molecule has 3 heteroatoms. The van der Waals surface area contributed by atoms with Crippen LogP contribution in [0.1, 0.15) is 25.0 Å². The summed E-state index contributed by atoms with van der Waals surface area (Å²) in [5.41, 5.74) is -1.36. The number of rotatable bonds is 4. The van der Waals surface area contributed by atoms with E-state index in [-0.39, 0.29) is 0 Å². The monoisotopic (exact) mass is 258 g/mol. The maximum absolute atomic E-state index is 10.8. The van der Waals surface area contributed by atoms with Crippen molar-refractivity contribution in [1.82, 2.24) is 0 Å². The van der Waals surface area contributed by atoms with Gasteiger partial charge in [-0.3, -0.25) is 0 Å². The van der Waals surface area contributed by atoms with Crippen LogP contribution in [0.2, 0.25) is 0 Å². The molecule has 1 heterocycles. The van der Waals surface area contributed by atoms with E-state index < -0.39 is 11.2 Å². The predicted molar refractivity (Wildman–Crippen MR) is 74.4 cm³/mol. The number of furan rings is 1. The van der Waals surface area contributed by atoms with E-state index in [1.807, 2.05) is 30.3 Å². The zero-order valence-electron chi connectivity index (χ0n) is 11.1. The summed E-state index contributed by atoms with van der Waals surface area (Å²) in [6.07, 6.45) is 6.29. The van der Waals surface area contributed by atoms with Crippen molar-refractivity contribution in [2.24, 2.45) is 0 Å². The molecule has 3 nitrogen and oxygen atoms in total. The number of benzene rings is 1. The highest BCUT2D eigenvalue weighted by atomic mass is 16.4. The second-order valence-electron chi connectivity index (χ2n) is 5.08. The van der Waals surface area contributed by atoms with Crippen molar-refractivity contribution < 1.29 is 14.6 Å². The molecule has 0 spiro atoms. The van der Waals surface area contributed by atoms with Gasteiger partial charge in [0.25, 0.3) is 0 Å². The highest BCUT2D eigenvalue weighted by molar-refractivity contribution is 5.52. The Hall–Kier alpha value is -1.84. The zero-order chi connectivity index (χ0) is 13.9. The fourth-order valence-corrected chi connectivity index (χ4v) is 1.92. The summed E-state index contributed by atoms with van der Waals surface area (Å²) in [4.78, 5) is 0. The van der Waals surface area contributed by atoms with Crippen molar-refractivity contribution in [2.75, 3.05) is 0 Å². The highest BCUT2D eigenvalue weighted by Gasteiger charge is 2.42. The molecule has 0 amide bonds. The molecule has 0 aliphatic carbocycles. The molecule has 0 radical (unpaired) electrons. The van der Waals surface area contributed by atoms with Gasteiger partial charge in [-0.15, -0.1) is 0 Å². The molecule has 0 saturated heterocycles. The molecular formula is C16H18O3. The van der Waals surface area contributed by atoms with Crippen LogP contribution in [0.4, 0.5) is 0 Å². The molecule has 0 saturated carbocycles. The largest absolute Gasteiger partial charge is 0.472 e. The van der Waals surface area contributed by atoms with Crippen molar-refractivity contribution in [2.45, 2.75) is 25.0 Å². The molecule has 0 bridgehead atoms. The molecule has 0 fully saturated rings. The number of aliphatic hydroxyl groups is 2. The minimum Gasteiger partial charge on any atom is -0.472 e. The van der Waals surface area contributed by atoms with E-state index in [0.717, 1.165) is 5.56 Å². The van der Waals surface area contributed by atoms with Crippen LogP contribution in [0.25, 0.3) is 6.08 Å². The summed E-state index contributed by atoms with van der Waals surface area (Å²) < 4.78 is 5.00. The second kappa shape index (κ2) is 5.03. The van der Waals surface area contributed by atoms with Crippen LogP contribution in [0.15, 0.2) is 59.4 Å². The fourth-order valence-electron chi connectivity index (χ4n) is 1.92. The quantitative estimate of drug-likeness (QED) is 0.886. The van der Waals surface area contributed by atoms with Crippen LogP contribution in [-0.2, 0) is 5.60 Å². The Morgan fingerprint density at radius 1 is 1.05 bits per heavy atom. The first kappa shape index (κ1) is 13.6. The molecule has 2 rings (SSSR count). The smallest absolute Gasteiger partial charge is 0.139 e. The van der Waals surface area contributed by atoms with Crippen molar-refractivity contribution in [3.8, 4) is 0 Å². The first-order valence-corrected chi connectivity index (χ1v) is 6.15. The van der Waals surface area contributed by atoms with Gasteiger partial charge in [0.2, 0.25) is 0 Å². The van der Waals surface area contributed by atoms with E-state index in [2.05, 4.69) is 0 Å². The summed E-state index contributed by atoms with van der Waals surface area (Å²) in [5, 5.41) is 21.0. The van der Waals surface area contributed by atoms with Crippen LogP contribution in [0.3, 0.4) is 0 Å². The third-order valence-corrected chi connectivity index (χ3v) is 3.21. The topological polar surface area (TPSA) is 53.6 Å². The molecule has 1 unspecified atom stereocenters. The molecule has 1 aromatic heterocycles. The second-order valence-corrected chi connectivity index (χ2v) is 5.08. The lowest BCUT2D eigenvalue weighted by Gasteiger charge is -2.35. The van der Waals surface area contributed by atoms with E-state index in [1.165, 1.54) is 12.5 Å². The molecule has 2 N–H and O–H groups in total. The van der Waals surface area contributed by atoms with Gasteiger partial charge in [0.05, 0.1) is 18.1 Å². The molecular weight excluding hydrogens is 240 g/mol. The van der Waals surface area contributed by atoms with E-state index in [4.69, 9.17) is 4.42 Å². The summed E-state index contributed by atoms with van der Waals surface area (Å²) in [6.45, 7) is 3.13. The summed E-state index contributed by atoms with van der Waals surface area (Å²) in [5.74, 6) is 0. The molecule has 1 aromatic carbocycles. The SMILES string of the molecule is CC(C)(O)C(O)(/C=C/c1ccccc1)c1ccoc1. The maximum Gasteiger partial charge on any atom is 0.139 e. The first-order valence-electron chi connectivity index (χ1n) is 6.15. The molecule has 0 aliphatic heterocycles. The van der Waals surface area contributed by atoms with Gasteiger partial charge < -0.3 is 14.6 Å². The van der Waals surface area contributed by atoms with Crippen LogP contribution >= 0.6 is 0 Å². The third kappa shape index (κ3) is 2.78. The Morgan fingerprint density at radius 2 is 1.74 bits per heavy atom. The molecule has 0 aliphatic rings. The van der Waals surface area contributed by atoms with E-state index >= 15 is 0 Å². The Balaban J connectivity index is 2.38. The van der Waals surface area contributed by atoms with Crippen molar-refractivity contribution in [3.05, 3.63) is 66.1 Å². The number of hydrogen-bond acceptors (Lipinski definition) is 3. The average molecular weight is 258 g/mol. The van der Waals surface area contributed by atoms with Gasteiger partial charge in [0.1, 0.15) is 5.60 Å². The fraction of sp³-hybridized carbons (Fsp3) is 0.250. The van der Waals surface area contributed by atoms with Gasteiger partial charge >= 0.3 is 0 Å². The lowest BCUT2D eigenvalue weighted by atomic mass is 9.80. The van der Waals surface area contributed by atoms with Gasteiger partial charge in [0.15, 0.2) is 0 Å². The maximum atomic E-state index is 10.8. The van der Waals surface area contributed by atoms with Crippen molar-refractivity contribution in [3.63, 3.8) is 0 Å². The van der Waals surface area contributed by atoms with Gasteiger partial charge in [-0.1, -0.05) is 36.4 Å². The third-order valence-electron chi connectivity index (χ3n) is 3.21. The summed E-state index contributed by atoms with van der Waals surface area (Å²) in [7, 11) is 0. The first-order chi connectivity index (χ1) is 8.93. The van der Waals surface area contributed by atoms with Crippen molar-refractivity contribution >= 4 is 6.08 Å². The minimum absolute atomic E-state index is 0.521. The summed E-state index contributed by atoms with van der Waals surface area (Å²) in [6, 6.07) is 11.3. The van der Waals surface area contributed by atoms with Crippen LogP contribution < -0.4 is 0 Å². The Kier molecular flexibility index (Phi) is 3.60. The minimum atomic E-state index is -1.50. The molecule has 1 atom stereocenters. The normalized spacial score (nSPS) is 15.6. The molecule has 2 aromatic rings. The molecule has 100 valence electrons. The highest BCUT2D eigenvalue weighted by Crippen LogP contribution is 2.35. The Labute approximate surface area is 112 Å². The zero-order valence-corrected chi connectivity index (χ0v) is 11.1. The lowest BCUT2D eigenvalue weighted by Crippen LogP contribution is -2.45. The Bertz CT molecular complexity index is 535. The van der Waals surface area contributed by atoms with Gasteiger partial charge in [-0.2, -0.15) is 0 Å². The van der Waals surface area contributed by atoms with Gasteiger partial charge in [-0.05, 0) is 31.6 Å². The predicted octanol–water partition coefficient (Wildman–Crippen LogP) is 2.95. The average Bonchev–Trinajstić information content (AvgIpc) is 2.90. The standard InChI is InChI=1S/C16H18O3/c1-15(2,17)16(18,14-9-11-19-12-14)10-8-13-6-4-3-5-7-13/h3-12,17-18H,1-2H3/b10-8+. The van der Waals surface area contributed by atoms with Gasteiger partial charge in [0, 0.05) is 5.56 Å². The van der Waals surface area contributed by atoms with Crippen LogP contribution in [-0.4, -0.2) is 15.8 Å². The lowest BCUT2D eigenvalue weighted by molar-refractivity contribution is -0.105. The molecule has 19 heavy (non-hydrogen) atoms. The van der Waals surface area contributed by atoms with Gasteiger partial charge in [-0.25, -0.2) is 0 Å². The van der Waals surface area contributed by atoms with E-state index in [9.17, 15) is 10.2 Å². The van der Waals surface area contributed by atoms with E-state index in [0.29, 0.717) is 5.56 Å². The van der Waals surface area contributed by atoms with Crippen molar-refractivity contribution in [1.29, 1.82) is 0 Å². The summed E-state index contributed by atoms with van der Waals surface area (Å²) >= 11 is 0. The Morgan fingerprint density at radius 3 is 2.26 bits per heavy atom. The number of hydrogen-bond donors (Lipinski definition) is 2.